The second-order valence-electron chi connectivity index (χ2n) is 15.6. The Morgan fingerprint density at radius 1 is 1.03 bits per heavy atom. The summed E-state index contributed by atoms with van der Waals surface area (Å²) in [7, 11) is 0. The lowest BCUT2D eigenvalue weighted by Gasteiger charge is -2.46. The van der Waals surface area contributed by atoms with Crippen LogP contribution in [0, 0.1) is 5.41 Å². The summed E-state index contributed by atoms with van der Waals surface area (Å²) < 4.78 is 30.9. The Kier molecular flexibility index (Phi) is 11.3. The summed E-state index contributed by atoms with van der Waals surface area (Å²) in [6, 6.07) is 13.3. The maximum absolute atomic E-state index is 12.6. The number of nitrogens with one attached hydrogen (secondary N) is 1. The van der Waals surface area contributed by atoms with Crippen molar-refractivity contribution in [3.05, 3.63) is 89.0 Å². The van der Waals surface area contributed by atoms with Gasteiger partial charge in [-0.1, -0.05) is 25.1 Å². The van der Waals surface area contributed by atoms with E-state index in [1.165, 1.54) is 18.5 Å². The highest BCUT2D eigenvalue weighted by molar-refractivity contribution is 6.14. The van der Waals surface area contributed by atoms with Gasteiger partial charge < -0.3 is 59.4 Å². The Bertz CT molecular complexity index is 2370. The van der Waals surface area contributed by atoms with Crippen LogP contribution in [-0.2, 0) is 21.6 Å². The van der Waals surface area contributed by atoms with Crippen molar-refractivity contribution in [1.29, 1.82) is 5.41 Å². The first kappa shape index (κ1) is 41.5. The van der Waals surface area contributed by atoms with E-state index in [0.29, 0.717) is 49.2 Å². The lowest BCUT2D eigenvalue weighted by Crippen LogP contribution is -2.69. The number of allylic oxidation sites excluding steroid dienone is 1. The van der Waals surface area contributed by atoms with Crippen LogP contribution in [0.1, 0.15) is 73.8 Å². The zero-order valence-corrected chi connectivity index (χ0v) is 33.1. The molecule has 0 amide bonds. The first-order chi connectivity index (χ1) is 29.3. The number of rotatable bonds is 14. The average Bonchev–Trinajstić information content (AvgIpc) is 4.03. The molecular weight excluding hydrogens is 792 g/mol. The third-order valence-corrected chi connectivity index (χ3v) is 11.5. The Labute approximate surface area is 349 Å². The first-order valence-electron chi connectivity index (χ1n) is 20.0. The molecule has 17 nitrogen and oxygen atoms in total. The first-order valence-corrected chi connectivity index (χ1v) is 20.0. The fourth-order valence-corrected chi connectivity index (χ4v) is 8.36. The van der Waals surface area contributed by atoms with Gasteiger partial charge in [-0.15, -0.1) is 0 Å². The number of aromatic hydroxyl groups is 2. The number of aliphatic hydroxyl groups is 4. The lowest BCUT2D eigenvalue weighted by atomic mass is 9.80. The molecule has 0 aromatic heterocycles. The van der Waals surface area contributed by atoms with Crippen molar-refractivity contribution in [2.24, 2.45) is 15.0 Å². The number of phenolic OH excluding ortho intramolecular Hbond substituents is 2. The van der Waals surface area contributed by atoms with E-state index in [4.69, 9.17) is 29.1 Å². The molecule has 17 heteroatoms. The van der Waals surface area contributed by atoms with Crippen LogP contribution < -0.4 is 18.9 Å². The molecule has 5 aliphatic rings. The predicted octanol–water partition coefficient (Wildman–Crippen LogP) is 4.81. The molecule has 320 valence electrons. The second-order valence-corrected chi connectivity index (χ2v) is 15.6. The van der Waals surface area contributed by atoms with Gasteiger partial charge in [0.05, 0.1) is 13.2 Å². The molecule has 0 bridgehead atoms. The number of benzene rings is 3. The van der Waals surface area contributed by atoms with Crippen molar-refractivity contribution in [3.63, 3.8) is 0 Å². The molecule has 3 aromatic carbocycles. The van der Waals surface area contributed by atoms with Crippen molar-refractivity contribution in [1.82, 2.24) is 0 Å². The number of phenols is 2. The SMILES string of the molecule is CCc1cc(O)cc(C2(Oc3c(OC4OC(C(=O)O)C(O)(CC5=NC=NC5)C(O)C4O)cc4c(c3O)C(O)=CC(c3ccc(OCCC5=NC(=N)C=C5)cc3)O4)CCCC2)c1. The summed E-state index contributed by atoms with van der Waals surface area (Å²) in [6.45, 7) is 2.32. The van der Waals surface area contributed by atoms with Gasteiger partial charge in [-0.05, 0) is 85.2 Å². The van der Waals surface area contributed by atoms with Gasteiger partial charge in [0.1, 0.15) is 70.3 Å². The summed E-state index contributed by atoms with van der Waals surface area (Å²) in [6.07, 6.45) is -0.138. The van der Waals surface area contributed by atoms with Gasteiger partial charge in [-0.2, -0.15) is 0 Å². The van der Waals surface area contributed by atoms with Gasteiger partial charge in [-0.25, -0.2) is 14.8 Å². The highest BCUT2D eigenvalue weighted by Crippen LogP contribution is 2.55. The van der Waals surface area contributed by atoms with E-state index in [-0.39, 0.29) is 52.4 Å². The predicted molar refractivity (Wildman–Crippen MR) is 220 cm³/mol. The molecule has 0 spiro atoms. The molecule has 2 fully saturated rings. The number of nitrogens with zero attached hydrogens (tertiary/aromatic N) is 3. The van der Waals surface area contributed by atoms with E-state index in [1.807, 2.05) is 13.0 Å². The van der Waals surface area contributed by atoms with Crippen LogP contribution in [0.4, 0.5) is 0 Å². The third kappa shape index (κ3) is 8.16. The van der Waals surface area contributed by atoms with E-state index in [1.54, 1.807) is 48.6 Å². The van der Waals surface area contributed by atoms with Crippen LogP contribution in [0.3, 0.4) is 0 Å². The minimum atomic E-state index is -2.55. The molecule has 6 unspecified atom stereocenters. The Morgan fingerprint density at radius 2 is 1.80 bits per heavy atom. The maximum atomic E-state index is 12.6. The van der Waals surface area contributed by atoms with E-state index in [0.717, 1.165) is 24.1 Å². The summed E-state index contributed by atoms with van der Waals surface area (Å²) in [5.74, 6) is -2.58. The van der Waals surface area contributed by atoms with Crippen molar-refractivity contribution < 1.29 is 64.2 Å². The number of carboxylic acids is 1. The minimum Gasteiger partial charge on any atom is -0.508 e. The molecule has 1 saturated carbocycles. The minimum absolute atomic E-state index is 0.0172. The zero-order chi connectivity index (χ0) is 43.1. The molecule has 1 saturated heterocycles. The third-order valence-electron chi connectivity index (χ3n) is 11.5. The van der Waals surface area contributed by atoms with Crippen LogP contribution in [0.5, 0.6) is 34.5 Å². The molecule has 61 heavy (non-hydrogen) atoms. The molecule has 6 atom stereocenters. The number of carboxylic acid groups (broad SMARTS) is 1. The fraction of sp³-hybridized carbons (Fsp3) is 0.386. The number of ether oxygens (including phenoxy) is 5. The number of carbonyl (C=O) groups is 1. The number of aliphatic carboxylic acids is 1. The fourth-order valence-electron chi connectivity index (χ4n) is 8.36. The number of hydrogen-bond acceptors (Lipinski definition) is 15. The monoisotopic (exact) mass is 838 g/mol. The van der Waals surface area contributed by atoms with Gasteiger partial charge in [0.2, 0.25) is 12.0 Å². The number of hydrogen-bond donors (Lipinski definition) is 8. The van der Waals surface area contributed by atoms with E-state index in [9.17, 15) is 40.5 Å². The highest BCUT2D eigenvalue weighted by Gasteiger charge is 2.59. The van der Waals surface area contributed by atoms with Crippen molar-refractivity contribution in [2.45, 2.75) is 93.8 Å². The van der Waals surface area contributed by atoms with Crippen LogP contribution in [0.15, 0.2) is 81.7 Å². The number of amidine groups is 1. The lowest BCUT2D eigenvalue weighted by molar-refractivity contribution is -0.303. The van der Waals surface area contributed by atoms with E-state index in [2.05, 4.69) is 15.0 Å². The molecule has 4 aliphatic heterocycles. The van der Waals surface area contributed by atoms with Crippen LogP contribution >= 0.6 is 0 Å². The topological polar surface area (TPSA) is 266 Å². The number of aryl methyl sites for hydroxylation is 1. The van der Waals surface area contributed by atoms with Crippen LogP contribution in [-0.4, -0.2) is 109 Å². The summed E-state index contributed by atoms with van der Waals surface area (Å²) in [4.78, 5) is 24.7. The van der Waals surface area contributed by atoms with Gasteiger partial charge in [-0.3, -0.25) is 10.4 Å². The summed E-state index contributed by atoms with van der Waals surface area (Å²) in [5.41, 5.74) is -0.756. The van der Waals surface area contributed by atoms with Crippen LogP contribution in [0.2, 0.25) is 0 Å². The Balaban J connectivity index is 1.13. The van der Waals surface area contributed by atoms with Gasteiger partial charge >= 0.3 is 5.97 Å². The Morgan fingerprint density at radius 3 is 2.48 bits per heavy atom. The van der Waals surface area contributed by atoms with E-state index >= 15 is 0 Å². The smallest absolute Gasteiger partial charge is 0.336 e. The highest BCUT2D eigenvalue weighted by atomic mass is 16.7. The number of aliphatic hydroxyl groups excluding tert-OH is 3. The largest absolute Gasteiger partial charge is 0.508 e. The summed E-state index contributed by atoms with van der Waals surface area (Å²) >= 11 is 0. The van der Waals surface area contributed by atoms with E-state index < -0.39 is 60.0 Å². The average molecular weight is 839 g/mol. The molecule has 1 aliphatic carbocycles. The number of aliphatic imine (C=N–C) groups is 3. The quantitative estimate of drug-likeness (QED) is 0.108. The molecule has 3 aromatic rings. The molecule has 8 rings (SSSR count). The maximum Gasteiger partial charge on any atom is 0.336 e. The number of fused-ring (bicyclic) bond motifs is 1. The second kappa shape index (κ2) is 16.6. The van der Waals surface area contributed by atoms with Crippen LogP contribution in [0.25, 0.3) is 5.76 Å². The zero-order valence-electron chi connectivity index (χ0n) is 33.1. The van der Waals surface area contributed by atoms with Gasteiger partial charge in [0.25, 0.3) is 0 Å². The Hall–Kier alpha value is -6.27. The van der Waals surface area contributed by atoms with Crippen molar-refractivity contribution in [2.75, 3.05) is 13.2 Å². The molecule has 8 N–H and O–H groups in total. The molecule has 4 heterocycles. The summed E-state index contributed by atoms with van der Waals surface area (Å²) in [5, 5.41) is 86.4. The molecular formula is C44H46N4O13. The standard InChI is InChI=1S/C44H46N4O13/c1-2-23-15-25(17-28(49)16-23)43(12-3-4-13-43)61-38-33(59-42-37(52)39(53)44(56,40(60-42)41(54)55)20-27-21-46-22-47-27)19-32-35(36(38)51)30(50)18-31(58-32)24-5-8-29(9-6-24)57-14-11-26-7-10-34(45)48-26/h5-10,15-19,22,31,37,39-40,42,45,49-53,56H,2-4,11-14,20-21H2,1H3,(H,54,55). The van der Waals surface area contributed by atoms with Gasteiger partial charge in [0, 0.05) is 36.4 Å². The normalized spacial score (nSPS) is 26.3. The van der Waals surface area contributed by atoms with Gasteiger partial charge in [0.15, 0.2) is 17.6 Å². The molecule has 0 radical (unpaired) electrons. The van der Waals surface area contributed by atoms with Crippen molar-refractivity contribution in [3.8, 4) is 34.5 Å². The van der Waals surface area contributed by atoms with Crippen molar-refractivity contribution >= 4 is 35.3 Å².